The topological polar surface area (TPSA) is 32.8 Å². The van der Waals surface area contributed by atoms with E-state index in [2.05, 4.69) is 36.1 Å². The van der Waals surface area contributed by atoms with Crippen molar-refractivity contribution >= 4 is 51.7 Å². The van der Waals surface area contributed by atoms with Crippen molar-refractivity contribution in [3.63, 3.8) is 0 Å². The van der Waals surface area contributed by atoms with E-state index in [-0.39, 0.29) is 5.91 Å². The number of para-hydroxylation sites is 1. The van der Waals surface area contributed by atoms with Gasteiger partial charge in [-0.05, 0) is 32.4 Å². The quantitative estimate of drug-likeness (QED) is 0.335. The molecule has 0 N–H and O–H groups in total. The molecule has 0 aromatic heterocycles. The maximum absolute atomic E-state index is 12.7. The van der Waals surface area contributed by atoms with Crippen LogP contribution >= 0.6 is 35.7 Å². The van der Waals surface area contributed by atoms with Crippen LogP contribution in [0.4, 0.5) is 5.69 Å². The number of hydrogen-bond donors (Lipinski definition) is 0. The Morgan fingerprint density at radius 3 is 2.63 bits per heavy atom. The van der Waals surface area contributed by atoms with Gasteiger partial charge >= 0.3 is 0 Å². The van der Waals surface area contributed by atoms with E-state index in [1.807, 2.05) is 19.9 Å². The zero-order valence-corrected chi connectivity index (χ0v) is 18.3. The number of carbonyl (C=O) groups is 1. The summed E-state index contributed by atoms with van der Waals surface area (Å²) in [5, 5.41) is 1.09. The van der Waals surface area contributed by atoms with Gasteiger partial charge in [0.2, 0.25) is 0 Å². The van der Waals surface area contributed by atoms with Gasteiger partial charge in [-0.25, -0.2) is 0 Å². The minimum Gasteiger partial charge on any atom is -0.492 e. The SMILES string of the molecule is CCCCN1C(=CC(OCC)=C2SC(=S)N(CC)C2=O)Sc2ccccc21. The van der Waals surface area contributed by atoms with Crippen LogP contribution in [-0.2, 0) is 9.53 Å². The number of benzene rings is 1. The highest BCUT2D eigenvalue weighted by Crippen LogP contribution is 2.47. The number of carbonyl (C=O) groups excluding carboxylic acids is 1. The molecule has 7 heteroatoms. The first-order chi connectivity index (χ1) is 13.1. The van der Waals surface area contributed by atoms with Crippen LogP contribution in [0.3, 0.4) is 0 Å². The summed E-state index contributed by atoms with van der Waals surface area (Å²) >= 11 is 8.41. The third-order valence-corrected chi connectivity index (χ3v) is 6.87. The van der Waals surface area contributed by atoms with E-state index in [0.717, 1.165) is 24.4 Å². The molecule has 27 heavy (non-hydrogen) atoms. The Bertz CT molecular complexity index is 804. The predicted molar refractivity (Wildman–Crippen MR) is 119 cm³/mol. The van der Waals surface area contributed by atoms with Gasteiger partial charge in [0.25, 0.3) is 5.91 Å². The molecule has 1 amide bonds. The molecule has 0 radical (unpaired) electrons. The first kappa shape index (κ1) is 20.3. The highest BCUT2D eigenvalue weighted by Gasteiger charge is 2.34. The van der Waals surface area contributed by atoms with Gasteiger partial charge in [0.1, 0.15) is 15.0 Å². The molecule has 1 fully saturated rings. The standard InChI is InChI=1S/C20H24N2O2S3/c1-4-7-12-22-14-10-8-9-11-16(14)26-17(22)13-15(24-6-3)18-19(23)21(5-2)20(25)27-18/h8-11,13H,4-7,12H2,1-3H3. The van der Waals surface area contributed by atoms with Crippen LogP contribution in [0.5, 0.6) is 0 Å². The Morgan fingerprint density at radius 1 is 1.19 bits per heavy atom. The van der Waals surface area contributed by atoms with Gasteiger partial charge in [-0.3, -0.25) is 9.69 Å². The average molecular weight is 421 g/mol. The Morgan fingerprint density at radius 2 is 1.96 bits per heavy atom. The third-order valence-electron chi connectivity index (χ3n) is 4.32. The lowest BCUT2D eigenvalue weighted by atomic mass is 10.2. The van der Waals surface area contributed by atoms with Gasteiger partial charge in [0.05, 0.1) is 17.3 Å². The summed E-state index contributed by atoms with van der Waals surface area (Å²) < 4.78 is 6.48. The number of fused-ring (bicyclic) bond motifs is 1. The molecule has 1 saturated heterocycles. The zero-order valence-electron chi connectivity index (χ0n) is 15.9. The van der Waals surface area contributed by atoms with Crippen molar-refractivity contribution in [2.75, 3.05) is 24.6 Å². The molecule has 144 valence electrons. The lowest BCUT2D eigenvalue weighted by Crippen LogP contribution is -2.27. The van der Waals surface area contributed by atoms with Gasteiger partial charge in [0, 0.05) is 24.1 Å². The first-order valence-corrected chi connectivity index (χ1v) is 11.3. The van der Waals surface area contributed by atoms with E-state index in [1.54, 1.807) is 16.7 Å². The van der Waals surface area contributed by atoms with Crippen LogP contribution in [0.15, 0.2) is 50.9 Å². The van der Waals surface area contributed by atoms with E-state index in [4.69, 9.17) is 17.0 Å². The Balaban J connectivity index is 1.99. The van der Waals surface area contributed by atoms with E-state index >= 15 is 0 Å². The van der Waals surface area contributed by atoms with Gasteiger partial charge in [0.15, 0.2) is 0 Å². The van der Waals surface area contributed by atoms with E-state index in [1.165, 1.54) is 22.3 Å². The zero-order chi connectivity index (χ0) is 19.4. The number of nitrogens with zero attached hydrogens (tertiary/aromatic N) is 2. The number of hydrogen-bond acceptors (Lipinski definition) is 6. The second kappa shape index (κ2) is 9.17. The molecule has 4 nitrogen and oxygen atoms in total. The molecule has 1 aromatic carbocycles. The molecule has 2 aliphatic heterocycles. The molecule has 0 bridgehead atoms. The Hall–Kier alpha value is -1.44. The molecule has 3 rings (SSSR count). The monoisotopic (exact) mass is 420 g/mol. The van der Waals surface area contributed by atoms with Crippen LogP contribution in [0, 0.1) is 0 Å². The highest BCUT2D eigenvalue weighted by molar-refractivity contribution is 8.26. The largest absolute Gasteiger partial charge is 0.492 e. The van der Waals surface area contributed by atoms with Crippen molar-refractivity contribution in [3.05, 3.63) is 46.0 Å². The van der Waals surface area contributed by atoms with Crippen molar-refractivity contribution in [2.24, 2.45) is 0 Å². The molecule has 0 unspecified atom stereocenters. The Kier molecular flexibility index (Phi) is 6.89. The van der Waals surface area contributed by atoms with Crippen molar-refractivity contribution in [1.29, 1.82) is 0 Å². The smallest absolute Gasteiger partial charge is 0.269 e. The van der Waals surface area contributed by atoms with Crippen LogP contribution in [0.25, 0.3) is 0 Å². The second-order valence-corrected chi connectivity index (χ2v) is 8.81. The van der Waals surface area contributed by atoms with Gasteiger partial charge in [-0.1, -0.05) is 61.2 Å². The lowest BCUT2D eigenvalue weighted by Gasteiger charge is -2.20. The molecule has 2 heterocycles. The van der Waals surface area contributed by atoms with Crippen LogP contribution in [0.1, 0.15) is 33.6 Å². The van der Waals surface area contributed by atoms with Gasteiger partial charge < -0.3 is 9.64 Å². The summed E-state index contributed by atoms with van der Waals surface area (Å²) in [6.45, 7) is 8.09. The lowest BCUT2D eigenvalue weighted by molar-refractivity contribution is -0.122. The average Bonchev–Trinajstić information content (AvgIpc) is 3.15. The van der Waals surface area contributed by atoms with Crippen molar-refractivity contribution < 1.29 is 9.53 Å². The third kappa shape index (κ3) is 4.20. The van der Waals surface area contributed by atoms with Crippen molar-refractivity contribution in [2.45, 2.75) is 38.5 Å². The summed E-state index contributed by atoms with van der Waals surface area (Å²) in [7, 11) is 0. The number of likely N-dealkylation sites (N-methyl/N-ethyl adjacent to an activating group) is 1. The number of unbranched alkanes of at least 4 members (excludes halogenated alkanes) is 1. The highest BCUT2D eigenvalue weighted by atomic mass is 32.2. The molecule has 0 spiro atoms. The second-order valence-electron chi connectivity index (χ2n) is 6.10. The summed E-state index contributed by atoms with van der Waals surface area (Å²) in [6, 6.07) is 8.41. The van der Waals surface area contributed by atoms with E-state index in [0.29, 0.717) is 28.1 Å². The van der Waals surface area contributed by atoms with Crippen LogP contribution in [-0.4, -0.2) is 34.8 Å². The number of thiocarbonyl (C=S) groups is 1. The molecular weight excluding hydrogens is 396 g/mol. The number of rotatable bonds is 7. The number of ether oxygens (including phenoxy) is 1. The first-order valence-electron chi connectivity index (χ1n) is 9.27. The van der Waals surface area contributed by atoms with Gasteiger partial charge in [-0.15, -0.1) is 0 Å². The number of allylic oxidation sites excluding steroid dienone is 1. The molecule has 0 atom stereocenters. The molecule has 0 saturated carbocycles. The fourth-order valence-corrected chi connectivity index (χ4v) is 5.46. The summed E-state index contributed by atoms with van der Waals surface area (Å²) in [6.07, 6.45) is 4.24. The normalized spacial score (nSPS) is 19.9. The minimum absolute atomic E-state index is 0.0616. The molecular formula is C20H24N2O2S3. The minimum atomic E-state index is -0.0616. The predicted octanol–water partition coefficient (Wildman–Crippen LogP) is 5.37. The van der Waals surface area contributed by atoms with E-state index in [9.17, 15) is 4.79 Å². The fraction of sp³-hybridized carbons (Fsp3) is 0.400. The molecule has 0 aliphatic carbocycles. The van der Waals surface area contributed by atoms with Crippen molar-refractivity contribution in [3.8, 4) is 0 Å². The number of amides is 1. The number of anilines is 1. The number of thioether (sulfide) groups is 2. The fourth-order valence-electron chi connectivity index (χ4n) is 2.97. The Labute approximate surface area is 175 Å². The van der Waals surface area contributed by atoms with E-state index < -0.39 is 0 Å². The summed E-state index contributed by atoms with van der Waals surface area (Å²) in [5.74, 6) is 0.552. The van der Waals surface area contributed by atoms with Gasteiger partial charge in [-0.2, -0.15) is 0 Å². The maximum atomic E-state index is 12.7. The van der Waals surface area contributed by atoms with Crippen LogP contribution in [0.2, 0.25) is 0 Å². The summed E-state index contributed by atoms with van der Waals surface area (Å²) in [4.78, 5) is 18.5. The van der Waals surface area contributed by atoms with Crippen LogP contribution < -0.4 is 4.90 Å². The maximum Gasteiger partial charge on any atom is 0.269 e. The molecule has 1 aromatic rings. The summed E-state index contributed by atoms with van der Waals surface area (Å²) in [5.41, 5.74) is 1.22. The van der Waals surface area contributed by atoms with Crippen molar-refractivity contribution in [1.82, 2.24) is 4.90 Å². The molecule has 2 aliphatic rings.